The molecule has 0 spiro atoms. The van der Waals surface area contributed by atoms with Crippen molar-refractivity contribution in [3.8, 4) is 0 Å². The van der Waals surface area contributed by atoms with Gasteiger partial charge >= 0.3 is 0 Å². The standard InChI is InChI=1S/C21H30N6O3.C3H8.C2H6/c1-18(7-5-4-6-9-23-17-19(16-22)30-14-13-28)15-20-21(29)8-11-27(25-20)12-10-24-26(2)3;1-3-2;1-2/h4-11,16,19,22,28H,1,12-15,17H2,2-3H3;3H2,1-2H3;1-2H3/b6-4+,7-5-,22-16?,23-9?,24-10-;;. The minimum absolute atomic E-state index is 0.0836. The minimum atomic E-state index is -0.436. The average molecular weight is 489 g/mol. The predicted octanol–water partition coefficient (Wildman–Crippen LogP) is 3.54. The van der Waals surface area contributed by atoms with Gasteiger partial charge in [-0.25, -0.2) is 0 Å². The van der Waals surface area contributed by atoms with E-state index >= 15 is 0 Å². The van der Waals surface area contributed by atoms with Gasteiger partial charge in [-0.05, 0) is 11.6 Å². The Bertz CT molecular complexity index is 857. The average Bonchev–Trinajstić information content (AvgIpc) is 2.84. The second-order valence-corrected chi connectivity index (χ2v) is 7.09. The summed E-state index contributed by atoms with van der Waals surface area (Å²) < 4.78 is 6.86. The maximum atomic E-state index is 12.0. The molecular weight excluding hydrogens is 444 g/mol. The number of hydrogen-bond acceptors (Lipinski definition) is 8. The van der Waals surface area contributed by atoms with Gasteiger partial charge in [0.15, 0.2) is 0 Å². The van der Waals surface area contributed by atoms with E-state index < -0.39 is 6.10 Å². The molecule has 0 saturated carbocycles. The van der Waals surface area contributed by atoms with Crippen molar-refractivity contribution >= 4 is 18.6 Å². The third-order valence-corrected chi connectivity index (χ3v) is 3.55. The lowest BCUT2D eigenvalue weighted by molar-refractivity contribution is 0.0710. The van der Waals surface area contributed by atoms with Crippen LogP contribution < -0.4 is 5.43 Å². The van der Waals surface area contributed by atoms with Crippen LogP contribution in [-0.2, 0) is 17.7 Å². The molecule has 1 aromatic rings. The van der Waals surface area contributed by atoms with Crippen LogP contribution in [0.2, 0.25) is 0 Å². The van der Waals surface area contributed by atoms with Gasteiger partial charge in [-0.15, -0.1) is 0 Å². The molecule has 0 aliphatic carbocycles. The number of ether oxygens (including phenoxy) is 1. The van der Waals surface area contributed by atoms with Crippen LogP contribution in [0.5, 0.6) is 0 Å². The van der Waals surface area contributed by atoms with Crippen LogP contribution in [-0.4, -0.2) is 78.5 Å². The van der Waals surface area contributed by atoms with E-state index in [2.05, 4.69) is 35.6 Å². The fourth-order valence-electron chi connectivity index (χ4n) is 2.16. The molecule has 0 aliphatic rings. The van der Waals surface area contributed by atoms with Crippen molar-refractivity contribution in [1.82, 2.24) is 14.8 Å². The van der Waals surface area contributed by atoms with Gasteiger partial charge in [0.05, 0.1) is 26.3 Å². The summed E-state index contributed by atoms with van der Waals surface area (Å²) in [4.78, 5) is 16.2. The highest BCUT2D eigenvalue weighted by molar-refractivity contribution is 5.72. The molecule has 1 atom stereocenters. The Balaban J connectivity index is 0. The van der Waals surface area contributed by atoms with Crippen molar-refractivity contribution in [2.75, 3.05) is 33.9 Å². The fraction of sp³-hybridized carbons (Fsp3) is 0.500. The van der Waals surface area contributed by atoms with Gasteiger partial charge in [-0.3, -0.25) is 14.5 Å². The molecule has 35 heavy (non-hydrogen) atoms. The lowest BCUT2D eigenvalue weighted by Gasteiger charge is -2.08. The summed E-state index contributed by atoms with van der Waals surface area (Å²) in [7, 11) is 3.66. The molecule has 0 fully saturated rings. The molecule has 196 valence electrons. The van der Waals surface area contributed by atoms with Crippen molar-refractivity contribution in [1.29, 1.82) is 5.41 Å². The highest BCUT2D eigenvalue weighted by Crippen LogP contribution is 2.01. The van der Waals surface area contributed by atoms with Crippen LogP contribution in [0.15, 0.2) is 63.6 Å². The number of nitrogens with one attached hydrogen (secondary N) is 1. The van der Waals surface area contributed by atoms with Gasteiger partial charge in [0.2, 0.25) is 5.43 Å². The Hall–Kier alpha value is -3.17. The van der Waals surface area contributed by atoms with E-state index in [4.69, 9.17) is 15.3 Å². The summed E-state index contributed by atoms with van der Waals surface area (Å²) in [6, 6.07) is 1.49. The lowest BCUT2D eigenvalue weighted by atomic mass is 10.1. The first-order valence-electron chi connectivity index (χ1n) is 11.9. The molecule has 0 saturated heterocycles. The zero-order chi connectivity index (χ0) is 26.9. The topological polar surface area (TPSA) is 116 Å². The summed E-state index contributed by atoms with van der Waals surface area (Å²) in [6.45, 7) is 13.1. The van der Waals surface area contributed by atoms with Gasteiger partial charge < -0.3 is 20.3 Å². The smallest absolute Gasteiger partial charge is 0.203 e. The summed E-state index contributed by atoms with van der Waals surface area (Å²) in [6.07, 6.45) is 14.4. The van der Waals surface area contributed by atoms with Crippen molar-refractivity contribution in [3.05, 3.63) is 64.6 Å². The van der Waals surface area contributed by atoms with E-state index in [1.807, 2.05) is 27.9 Å². The zero-order valence-corrected chi connectivity index (χ0v) is 22.2. The minimum Gasteiger partial charge on any atom is -0.394 e. The van der Waals surface area contributed by atoms with E-state index in [-0.39, 0.29) is 18.6 Å². The monoisotopic (exact) mass is 488 g/mol. The van der Waals surface area contributed by atoms with Crippen LogP contribution in [0, 0.1) is 5.41 Å². The van der Waals surface area contributed by atoms with E-state index in [1.54, 1.807) is 52.6 Å². The molecule has 1 rings (SSSR count). The molecule has 2 N–H and O–H groups in total. The second-order valence-electron chi connectivity index (χ2n) is 7.09. The van der Waals surface area contributed by atoms with Crippen molar-refractivity contribution in [2.45, 2.75) is 53.2 Å². The van der Waals surface area contributed by atoms with E-state index in [9.17, 15) is 4.79 Å². The highest BCUT2D eigenvalue weighted by atomic mass is 16.5. The van der Waals surface area contributed by atoms with Gasteiger partial charge in [-0.2, -0.15) is 10.2 Å². The van der Waals surface area contributed by atoms with E-state index in [0.717, 1.165) is 11.8 Å². The third-order valence-electron chi connectivity index (χ3n) is 3.55. The maximum Gasteiger partial charge on any atom is 0.203 e. The van der Waals surface area contributed by atoms with Crippen molar-refractivity contribution in [3.63, 3.8) is 0 Å². The van der Waals surface area contributed by atoms with Gasteiger partial charge in [-0.1, -0.05) is 58.9 Å². The predicted molar refractivity (Wildman–Crippen MR) is 148 cm³/mol. The Morgan fingerprint density at radius 1 is 1.31 bits per heavy atom. The highest BCUT2D eigenvalue weighted by Gasteiger charge is 2.03. The molecule has 0 amide bonds. The van der Waals surface area contributed by atoms with Crippen LogP contribution >= 0.6 is 0 Å². The van der Waals surface area contributed by atoms with Crippen molar-refractivity contribution < 1.29 is 9.84 Å². The normalized spacial score (nSPS) is 11.9. The van der Waals surface area contributed by atoms with Crippen LogP contribution in [0.1, 0.15) is 39.8 Å². The summed E-state index contributed by atoms with van der Waals surface area (Å²) in [5, 5.41) is 26.1. The number of nitrogens with zero attached hydrogens (tertiary/aromatic N) is 5. The lowest BCUT2D eigenvalue weighted by Crippen LogP contribution is -2.19. The molecule has 1 heterocycles. The fourth-order valence-corrected chi connectivity index (χ4v) is 2.16. The number of aromatic nitrogens is 2. The molecule has 1 aromatic heterocycles. The first-order valence-corrected chi connectivity index (χ1v) is 11.9. The first kappa shape index (κ1) is 34.0. The SMILES string of the molecule is C=C(/C=C\C=C\C=NCC(C=N)OCCO)Cc1nn(C/C=N\N(C)C)ccc1=O.CC.CCC. The molecule has 9 heteroatoms. The zero-order valence-electron chi connectivity index (χ0n) is 22.2. The third kappa shape index (κ3) is 20.0. The molecule has 0 aliphatic heterocycles. The summed E-state index contributed by atoms with van der Waals surface area (Å²) in [5.74, 6) is 0. The Morgan fingerprint density at radius 3 is 2.60 bits per heavy atom. The number of aliphatic imine (C=N–C) groups is 1. The Kier molecular flexibility index (Phi) is 23.3. The molecule has 1 unspecified atom stereocenters. The van der Waals surface area contributed by atoms with Crippen molar-refractivity contribution in [2.24, 2.45) is 10.1 Å². The van der Waals surface area contributed by atoms with E-state index in [1.165, 1.54) is 12.5 Å². The van der Waals surface area contributed by atoms with Gasteiger partial charge in [0, 0.05) is 51.4 Å². The van der Waals surface area contributed by atoms with Crippen LogP contribution in [0.25, 0.3) is 0 Å². The largest absolute Gasteiger partial charge is 0.394 e. The van der Waals surface area contributed by atoms with Crippen LogP contribution in [0.3, 0.4) is 0 Å². The van der Waals surface area contributed by atoms with Gasteiger partial charge in [0.25, 0.3) is 0 Å². The number of aliphatic hydroxyl groups is 1. The molecule has 0 bridgehead atoms. The number of allylic oxidation sites excluding steroid dienone is 5. The Morgan fingerprint density at radius 2 is 2.00 bits per heavy atom. The number of rotatable bonds is 14. The van der Waals surface area contributed by atoms with E-state index in [0.29, 0.717) is 25.2 Å². The van der Waals surface area contributed by atoms with Gasteiger partial charge in [0.1, 0.15) is 11.8 Å². The second kappa shape index (κ2) is 24.0. The molecule has 0 aromatic carbocycles. The summed E-state index contributed by atoms with van der Waals surface area (Å²) >= 11 is 0. The number of aliphatic hydroxyl groups excluding tert-OH is 1. The Labute approximate surface area is 210 Å². The maximum absolute atomic E-state index is 12.0. The summed E-state index contributed by atoms with van der Waals surface area (Å²) in [5.41, 5.74) is 1.05. The molecular formula is C26H44N6O3. The first-order chi connectivity index (χ1) is 16.9. The van der Waals surface area contributed by atoms with Crippen LogP contribution in [0.4, 0.5) is 0 Å². The number of hydrogen-bond donors (Lipinski definition) is 2. The quantitative estimate of drug-likeness (QED) is 0.236. The number of hydrazone groups is 1. The molecule has 0 radical (unpaired) electrons. The molecule has 9 nitrogen and oxygen atoms in total.